The molecule has 0 saturated heterocycles. The second-order valence-electron chi connectivity index (χ2n) is 7.47. The Labute approximate surface area is 115 Å². The van der Waals surface area contributed by atoms with Gasteiger partial charge in [-0.2, -0.15) is 0 Å². The summed E-state index contributed by atoms with van der Waals surface area (Å²) in [6.07, 6.45) is 10.1. The molecule has 0 aromatic carbocycles. The Balaban J connectivity index is 1.40. The number of amides is 1. The van der Waals surface area contributed by atoms with Crippen LogP contribution in [-0.2, 0) is 4.79 Å². The molecule has 2 bridgehead atoms. The first kappa shape index (κ1) is 12.2. The summed E-state index contributed by atoms with van der Waals surface area (Å²) in [7, 11) is 0. The maximum Gasteiger partial charge on any atom is 0.224 e. The van der Waals surface area contributed by atoms with Crippen LogP contribution in [0.4, 0.5) is 0 Å². The van der Waals surface area contributed by atoms with E-state index in [4.69, 9.17) is 5.73 Å². The van der Waals surface area contributed by atoms with Gasteiger partial charge in [0.15, 0.2) is 0 Å². The molecule has 0 radical (unpaired) electrons. The standard InChI is InChI=1S/C16H26N2O/c17-14-6-2-5-12(14)16(19)18-15-8-9-7-13(15)11-4-1-3-10(9)11/h9-15H,1-8,17H2,(H,18,19). The molecule has 106 valence electrons. The van der Waals surface area contributed by atoms with Gasteiger partial charge in [0.25, 0.3) is 0 Å². The summed E-state index contributed by atoms with van der Waals surface area (Å²) in [5.74, 6) is 4.00. The molecule has 19 heavy (non-hydrogen) atoms. The molecule has 7 atom stereocenters. The first-order valence-corrected chi connectivity index (χ1v) is 8.30. The van der Waals surface area contributed by atoms with Gasteiger partial charge in [-0.15, -0.1) is 0 Å². The molecule has 3 heteroatoms. The zero-order valence-electron chi connectivity index (χ0n) is 11.7. The molecule has 4 rings (SSSR count). The van der Waals surface area contributed by atoms with Crippen molar-refractivity contribution in [1.82, 2.24) is 5.32 Å². The first-order valence-electron chi connectivity index (χ1n) is 8.30. The van der Waals surface area contributed by atoms with Crippen molar-refractivity contribution < 1.29 is 4.79 Å². The molecule has 0 heterocycles. The second kappa shape index (κ2) is 4.47. The fourth-order valence-electron chi connectivity index (χ4n) is 5.84. The summed E-state index contributed by atoms with van der Waals surface area (Å²) in [6.45, 7) is 0. The van der Waals surface area contributed by atoms with Crippen LogP contribution in [0.1, 0.15) is 51.4 Å². The van der Waals surface area contributed by atoms with Crippen molar-refractivity contribution in [1.29, 1.82) is 0 Å². The number of nitrogens with two attached hydrogens (primary N) is 1. The minimum absolute atomic E-state index is 0.0958. The highest BCUT2D eigenvalue weighted by molar-refractivity contribution is 5.80. The molecular formula is C16H26N2O. The molecule has 0 aromatic rings. The van der Waals surface area contributed by atoms with Gasteiger partial charge in [0.2, 0.25) is 5.91 Å². The molecule has 4 saturated carbocycles. The highest BCUT2D eigenvalue weighted by Crippen LogP contribution is 2.58. The van der Waals surface area contributed by atoms with E-state index in [1.807, 2.05) is 0 Å². The Morgan fingerprint density at radius 1 is 0.947 bits per heavy atom. The van der Waals surface area contributed by atoms with Crippen LogP contribution in [0.2, 0.25) is 0 Å². The fraction of sp³-hybridized carbons (Fsp3) is 0.938. The third-order valence-corrected chi connectivity index (χ3v) is 6.66. The van der Waals surface area contributed by atoms with Crippen molar-refractivity contribution in [3.05, 3.63) is 0 Å². The van der Waals surface area contributed by atoms with E-state index < -0.39 is 0 Å². The van der Waals surface area contributed by atoms with E-state index >= 15 is 0 Å². The lowest BCUT2D eigenvalue weighted by molar-refractivity contribution is -0.126. The number of nitrogens with one attached hydrogen (secondary N) is 1. The van der Waals surface area contributed by atoms with Gasteiger partial charge in [-0.3, -0.25) is 4.79 Å². The topological polar surface area (TPSA) is 55.1 Å². The van der Waals surface area contributed by atoms with Crippen LogP contribution in [-0.4, -0.2) is 18.0 Å². The highest BCUT2D eigenvalue weighted by Gasteiger charge is 2.54. The SMILES string of the molecule is NC1CCCC1C(=O)NC1CC2CC1C1CCCC21. The number of carbonyl (C=O) groups excluding carboxylic acids is 1. The van der Waals surface area contributed by atoms with E-state index in [1.54, 1.807) is 0 Å². The Bertz CT molecular complexity index is 383. The molecule has 0 aliphatic heterocycles. The Kier molecular flexibility index (Phi) is 2.87. The van der Waals surface area contributed by atoms with Gasteiger partial charge in [0.05, 0.1) is 5.92 Å². The average molecular weight is 262 g/mol. The van der Waals surface area contributed by atoms with Crippen molar-refractivity contribution in [2.24, 2.45) is 35.3 Å². The van der Waals surface area contributed by atoms with E-state index in [2.05, 4.69) is 5.32 Å². The van der Waals surface area contributed by atoms with Crippen molar-refractivity contribution >= 4 is 5.91 Å². The maximum atomic E-state index is 12.4. The molecular weight excluding hydrogens is 236 g/mol. The third-order valence-electron chi connectivity index (χ3n) is 6.66. The number of fused-ring (bicyclic) bond motifs is 5. The van der Waals surface area contributed by atoms with Gasteiger partial charge >= 0.3 is 0 Å². The van der Waals surface area contributed by atoms with Crippen LogP contribution in [0.3, 0.4) is 0 Å². The monoisotopic (exact) mass is 262 g/mol. The van der Waals surface area contributed by atoms with Crippen molar-refractivity contribution in [2.45, 2.75) is 63.5 Å². The fourth-order valence-corrected chi connectivity index (χ4v) is 5.84. The van der Waals surface area contributed by atoms with E-state index in [1.165, 1.54) is 32.1 Å². The van der Waals surface area contributed by atoms with E-state index in [-0.39, 0.29) is 17.9 Å². The van der Waals surface area contributed by atoms with Gasteiger partial charge < -0.3 is 11.1 Å². The zero-order valence-corrected chi connectivity index (χ0v) is 11.7. The molecule has 3 nitrogen and oxygen atoms in total. The van der Waals surface area contributed by atoms with Crippen LogP contribution < -0.4 is 11.1 Å². The first-order chi connectivity index (χ1) is 9.24. The summed E-state index contributed by atoms with van der Waals surface area (Å²) in [5.41, 5.74) is 6.05. The lowest BCUT2D eigenvalue weighted by Gasteiger charge is -2.33. The van der Waals surface area contributed by atoms with Crippen molar-refractivity contribution in [3.63, 3.8) is 0 Å². The van der Waals surface area contributed by atoms with Crippen molar-refractivity contribution in [2.75, 3.05) is 0 Å². The largest absolute Gasteiger partial charge is 0.353 e. The molecule has 4 aliphatic rings. The third kappa shape index (κ3) is 1.84. The highest BCUT2D eigenvalue weighted by atomic mass is 16.2. The maximum absolute atomic E-state index is 12.4. The summed E-state index contributed by atoms with van der Waals surface area (Å²) >= 11 is 0. The van der Waals surface area contributed by atoms with Gasteiger partial charge in [0, 0.05) is 12.1 Å². The van der Waals surface area contributed by atoms with E-state index in [9.17, 15) is 4.79 Å². The quantitative estimate of drug-likeness (QED) is 0.800. The normalized spacial score (nSPS) is 51.5. The summed E-state index contributed by atoms with van der Waals surface area (Å²) in [4.78, 5) is 12.4. The molecule has 4 fully saturated rings. The molecule has 0 aromatic heterocycles. The Morgan fingerprint density at radius 3 is 2.53 bits per heavy atom. The molecule has 0 spiro atoms. The van der Waals surface area contributed by atoms with Crippen LogP contribution in [0.15, 0.2) is 0 Å². The molecule has 7 unspecified atom stereocenters. The average Bonchev–Trinajstić information content (AvgIpc) is 3.07. The van der Waals surface area contributed by atoms with Crippen molar-refractivity contribution in [3.8, 4) is 0 Å². The predicted molar refractivity (Wildman–Crippen MR) is 74.3 cm³/mol. The number of hydrogen-bond donors (Lipinski definition) is 2. The van der Waals surface area contributed by atoms with Crippen LogP contribution in [0, 0.1) is 29.6 Å². The van der Waals surface area contributed by atoms with Gasteiger partial charge in [-0.1, -0.05) is 12.8 Å². The summed E-state index contributed by atoms with van der Waals surface area (Å²) < 4.78 is 0. The predicted octanol–water partition coefficient (Wildman–Crippen LogP) is 2.05. The smallest absolute Gasteiger partial charge is 0.224 e. The van der Waals surface area contributed by atoms with Gasteiger partial charge in [-0.05, 0) is 62.2 Å². The summed E-state index contributed by atoms with van der Waals surface area (Å²) in [5, 5.41) is 3.38. The Hall–Kier alpha value is -0.570. The Morgan fingerprint density at radius 2 is 1.74 bits per heavy atom. The minimum atomic E-state index is 0.0958. The van der Waals surface area contributed by atoms with E-state index in [0.717, 1.165) is 42.9 Å². The number of rotatable bonds is 2. The lowest BCUT2D eigenvalue weighted by Crippen LogP contribution is -2.47. The minimum Gasteiger partial charge on any atom is -0.353 e. The van der Waals surface area contributed by atoms with Crippen LogP contribution >= 0.6 is 0 Å². The molecule has 3 N–H and O–H groups in total. The van der Waals surface area contributed by atoms with E-state index in [0.29, 0.717) is 6.04 Å². The van der Waals surface area contributed by atoms with Gasteiger partial charge in [-0.25, -0.2) is 0 Å². The molecule has 4 aliphatic carbocycles. The van der Waals surface area contributed by atoms with Crippen LogP contribution in [0.25, 0.3) is 0 Å². The number of carbonyl (C=O) groups is 1. The molecule has 1 amide bonds. The van der Waals surface area contributed by atoms with Gasteiger partial charge in [0.1, 0.15) is 0 Å². The zero-order chi connectivity index (χ0) is 13.0. The number of hydrogen-bond acceptors (Lipinski definition) is 2. The second-order valence-corrected chi connectivity index (χ2v) is 7.47. The lowest BCUT2D eigenvalue weighted by atomic mass is 9.79. The summed E-state index contributed by atoms with van der Waals surface area (Å²) in [6, 6.07) is 0.586. The van der Waals surface area contributed by atoms with Crippen LogP contribution in [0.5, 0.6) is 0 Å².